The summed E-state index contributed by atoms with van der Waals surface area (Å²) in [7, 11) is 2.88. The lowest BCUT2D eigenvalue weighted by atomic mass is 9.78. The lowest BCUT2D eigenvalue weighted by molar-refractivity contribution is -0.126. The van der Waals surface area contributed by atoms with Crippen LogP contribution in [0.15, 0.2) is 40.6 Å². The van der Waals surface area contributed by atoms with Crippen molar-refractivity contribution in [1.82, 2.24) is 0 Å². The second kappa shape index (κ2) is 11.5. The average Bonchev–Trinajstić information content (AvgIpc) is 2.80. The van der Waals surface area contributed by atoms with E-state index in [4.69, 9.17) is 32.7 Å². The van der Waals surface area contributed by atoms with Crippen molar-refractivity contribution < 1.29 is 19.1 Å². The zero-order chi connectivity index (χ0) is 24.8. The van der Waals surface area contributed by atoms with Crippen LogP contribution in [-0.4, -0.2) is 32.0 Å². The normalized spacial score (nSPS) is 12.5. The molecule has 9 heteroatoms. The second-order valence-corrected chi connectivity index (χ2v) is 8.65. The van der Waals surface area contributed by atoms with Crippen molar-refractivity contribution in [2.24, 2.45) is 10.2 Å². The van der Waals surface area contributed by atoms with E-state index in [0.717, 1.165) is 18.4 Å². The molecule has 1 amide bonds. The Hall–Kier alpha value is -2.64. The Kier molecular flexibility index (Phi) is 9.25. The third-order valence-corrected chi connectivity index (χ3v) is 6.45. The van der Waals surface area contributed by atoms with Crippen molar-refractivity contribution in [3.8, 4) is 11.5 Å². The number of anilines is 1. The van der Waals surface area contributed by atoms with Gasteiger partial charge in [-0.2, -0.15) is 10.2 Å². The fraction of sp³-hybridized carbons (Fsp3) is 0.417. The van der Waals surface area contributed by atoms with E-state index in [2.05, 4.69) is 36.3 Å². The van der Waals surface area contributed by atoms with Gasteiger partial charge in [0.25, 0.3) is 5.91 Å². The molecule has 0 aromatic heterocycles. The zero-order valence-electron chi connectivity index (χ0n) is 19.7. The Labute approximate surface area is 204 Å². The molecule has 0 saturated carbocycles. The summed E-state index contributed by atoms with van der Waals surface area (Å²) in [6.07, 6.45) is 1.93. The summed E-state index contributed by atoms with van der Waals surface area (Å²) in [5.74, 6) is -0.506. The predicted octanol–water partition coefficient (Wildman–Crippen LogP) is 6.77. The van der Waals surface area contributed by atoms with Crippen LogP contribution in [0.3, 0.4) is 0 Å². The van der Waals surface area contributed by atoms with Crippen LogP contribution < -0.4 is 14.8 Å². The number of ketones is 1. The molecule has 1 atom stereocenters. The number of hydrogen-bond acceptors (Lipinski definition) is 6. The number of carbonyl (C=O) groups is 2. The molecule has 2 aromatic rings. The van der Waals surface area contributed by atoms with Gasteiger partial charge in [0.15, 0.2) is 5.78 Å². The topological polar surface area (TPSA) is 89.4 Å². The highest BCUT2D eigenvalue weighted by Crippen LogP contribution is 2.37. The molecule has 0 heterocycles. The Morgan fingerprint density at radius 3 is 2.18 bits per heavy atom. The number of halogens is 2. The van der Waals surface area contributed by atoms with Crippen LogP contribution in [0.4, 0.5) is 11.4 Å². The molecule has 0 aliphatic carbocycles. The van der Waals surface area contributed by atoms with E-state index in [1.54, 1.807) is 6.07 Å². The molecule has 0 spiro atoms. The number of rotatable bonds is 10. The summed E-state index contributed by atoms with van der Waals surface area (Å²) in [5, 5.41) is 11.4. The lowest BCUT2D eigenvalue weighted by Gasteiger charge is -2.27. The molecule has 178 valence electrons. The highest BCUT2D eigenvalue weighted by Gasteiger charge is 2.26. The third kappa shape index (κ3) is 6.24. The highest BCUT2D eigenvalue weighted by molar-refractivity contribution is 6.33. The minimum absolute atomic E-state index is 0.000187. The van der Waals surface area contributed by atoms with Gasteiger partial charge in [0, 0.05) is 12.1 Å². The van der Waals surface area contributed by atoms with E-state index in [1.807, 2.05) is 12.1 Å². The summed E-state index contributed by atoms with van der Waals surface area (Å²) in [5.41, 5.74) is 1.76. The van der Waals surface area contributed by atoms with E-state index in [9.17, 15) is 9.59 Å². The van der Waals surface area contributed by atoms with Gasteiger partial charge in [0.2, 0.25) is 6.04 Å². The first-order valence-corrected chi connectivity index (χ1v) is 11.3. The molecular formula is C24H29Cl2N3O4. The van der Waals surface area contributed by atoms with Crippen LogP contribution in [0.25, 0.3) is 0 Å². The number of carbonyl (C=O) groups excluding carboxylic acids is 2. The van der Waals surface area contributed by atoms with Gasteiger partial charge in [-0.25, -0.2) is 0 Å². The number of ether oxygens (including phenoxy) is 2. The minimum Gasteiger partial charge on any atom is -0.495 e. The molecule has 0 bridgehead atoms. The Morgan fingerprint density at radius 2 is 1.67 bits per heavy atom. The fourth-order valence-electron chi connectivity index (χ4n) is 3.22. The van der Waals surface area contributed by atoms with Crippen LogP contribution in [0.1, 0.15) is 46.1 Å². The van der Waals surface area contributed by atoms with Crippen molar-refractivity contribution in [3.63, 3.8) is 0 Å². The molecule has 0 aliphatic rings. The number of nitrogens with one attached hydrogen (secondary N) is 1. The molecule has 2 rings (SSSR count). The zero-order valence-corrected chi connectivity index (χ0v) is 21.2. The number of Topliss-reactive ketones (excluding diaryl/α,β-unsaturated/α-hetero) is 1. The molecule has 33 heavy (non-hydrogen) atoms. The molecule has 7 nitrogen and oxygen atoms in total. The van der Waals surface area contributed by atoms with Crippen LogP contribution >= 0.6 is 23.2 Å². The number of nitrogens with zero attached hydrogens (tertiary/aromatic N) is 2. The monoisotopic (exact) mass is 493 g/mol. The summed E-state index contributed by atoms with van der Waals surface area (Å²) in [4.78, 5) is 25.0. The van der Waals surface area contributed by atoms with Crippen LogP contribution in [-0.2, 0) is 15.0 Å². The highest BCUT2D eigenvalue weighted by atomic mass is 35.5. The molecule has 1 N–H and O–H groups in total. The molecule has 0 fully saturated rings. The third-order valence-electron chi connectivity index (χ3n) is 5.85. The molecule has 0 aliphatic heterocycles. The van der Waals surface area contributed by atoms with E-state index in [0.29, 0.717) is 27.2 Å². The quantitative estimate of drug-likeness (QED) is 0.292. The fourth-order valence-corrected chi connectivity index (χ4v) is 3.67. The number of methoxy groups -OCH3 is 2. The Morgan fingerprint density at radius 1 is 1.03 bits per heavy atom. The van der Waals surface area contributed by atoms with Crippen molar-refractivity contribution in [1.29, 1.82) is 0 Å². The largest absolute Gasteiger partial charge is 0.495 e. The SMILES string of the molecule is CCC(C)(CC)c1ccc(N=NC(C(C)=O)C(=O)Nc2cc(OC)c(Cl)cc2OC)c(Cl)c1. The van der Waals surface area contributed by atoms with E-state index < -0.39 is 17.7 Å². The van der Waals surface area contributed by atoms with Crippen molar-refractivity contribution >= 4 is 46.3 Å². The van der Waals surface area contributed by atoms with Crippen LogP contribution in [0, 0.1) is 0 Å². The predicted molar refractivity (Wildman–Crippen MR) is 132 cm³/mol. The summed E-state index contributed by atoms with van der Waals surface area (Å²) < 4.78 is 10.4. The van der Waals surface area contributed by atoms with Crippen molar-refractivity contribution in [2.45, 2.75) is 52.0 Å². The van der Waals surface area contributed by atoms with Gasteiger partial charge in [-0.15, -0.1) is 0 Å². The average molecular weight is 494 g/mol. The lowest BCUT2D eigenvalue weighted by Crippen LogP contribution is -2.32. The van der Waals surface area contributed by atoms with Gasteiger partial charge >= 0.3 is 0 Å². The first-order chi connectivity index (χ1) is 15.6. The minimum atomic E-state index is -1.37. The molecule has 0 radical (unpaired) electrons. The van der Waals surface area contributed by atoms with Crippen LogP contribution in [0.5, 0.6) is 11.5 Å². The van der Waals surface area contributed by atoms with Gasteiger partial charge < -0.3 is 14.8 Å². The molecule has 0 saturated heterocycles. The summed E-state index contributed by atoms with van der Waals surface area (Å²) in [6.45, 7) is 7.70. The first kappa shape index (κ1) is 26.6. The van der Waals surface area contributed by atoms with Gasteiger partial charge in [0.1, 0.15) is 17.2 Å². The molecule has 2 aromatic carbocycles. The Balaban J connectivity index is 2.30. The molecular weight excluding hydrogens is 465 g/mol. The van der Waals surface area contributed by atoms with Gasteiger partial charge in [0.05, 0.1) is 30.0 Å². The number of amides is 1. The maximum absolute atomic E-state index is 12.8. The maximum Gasteiger partial charge on any atom is 0.258 e. The first-order valence-electron chi connectivity index (χ1n) is 10.5. The van der Waals surface area contributed by atoms with Gasteiger partial charge in [-0.1, -0.05) is 50.0 Å². The Bertz CT molecular complexity index is 1050. The number of benzene rings is 2. The van der Waals surface area contributed by atoms with E-state index in [1.165, 1.54) is 33.3 Å². The number of azo groups is 1. The van der Waals surface area contributed by atoms with Gasteiger partial charge in [-0.3, -0.25) is 9.59 Å². The summed E-state index contributed by atoms with van der Waals surface area (Å²) in [6, 6.07) is 7.18. The maximum atomic E-state index is 12.8. The van der Waals surface area contributed by atoms with Crippen molar-refractivity contribution in [3.05, 3.63) is 45.9 Å². The van der Waals surface area contributed by atoms with Gasteiger partial charge in [-0.05, 0) is 42.9 Å². The molecule has 1 unspecified atom stereocenters. The van der Waals surface area contributed by atoms with Crippen LogP contribution in [0.2, 0.25) is 10.0 Å². The second-order valence-electron chi connectivity index (χ2n) is 7.84. The van der Waals surface area contributed by atoms with E-state index in [-0.39, 0.29) is 11.1 Å². The summed E-state index contributed by atoms with van der Waals surface area (Å²) >= 11 is 12.5. The standard InChI is InChI=1S/C24H29Cl2N3O4/c1-7-24(4,8-2)15-9-10-18(16(25)11-15)28-29-22(14(3)30)23(31)27-19-13-20(32-5)17(26)12-21(19)33-6/h9-13,22H,7-8H2,1-6H3,(H,27,31). The van der Waals surface area contributed by atoms with Crippen molar-refractivity contribution in [2.75, 3.05) is 19.5 Å². The smallest absolute Gasteiger partial charge is 0.258 e. The number of hydrogen-bond donors (Lipinski definition) is 1. The van der Waals surface area contributed by atoms with E-state index >= 15 is 0 Å².